The predicted octanol–water partition coefficient (Wildman–Crippen LogP) is 22.9. The van der Waals surface area contributed by atoms with Gasteiger partial charge in [-0.25, -0.2) is 0 Å². The fourth-order valence-corrected chi connectivity index (χ4v) is 14.3. The highest BCUT2D eigenvalue weighted by molar-refractivity contribution is 6.33. The third kappa shape index (κ3) is 25.9. The van der Waals surface area contributed by atoms with Gasteiger partial charge in [0.1, 0.15) is 74.0 Å². The lowest BCUT2D eigenvalue weighted by atomic mass is 9.92. The molecule has 114 heavy (non-hydrogen) atoms. The number of aldehydes is 3. The molecule has 0 aliphatic heterocycles. The lowest BCUT2D eigenvalue weighted by Gasteiger charge is -2.17. The number of alkyl halides is 2. The van der Waals surface area contributed by atoms with Crippen molar-refractivity contribution in [3.63, 3.8) is 0 Å². The molecule has 0 unspecified atom stereocenters. The van der Waals surface area contributed by atoms with Gasteiger partial charge >= 0.3 is 11.9 Å². The Morgan fingerprint density at radius 3 is 1.01 bits per heavy atom. The van der Waals surface area contributed by atoms with Gasteiger partial charge in [0.05, 0.1) is 50.2 Å². The predicted molar refractivity (Wildman–Crippen MR) is 457 cm³/mol. The largest absolute Gasteiger partial charge is 0.506 e. The Morgan fingerprint density at radius 1 is 0.386 bits per heavy atom. The molecule has 0 spiro atoms. The number of halogens is 7. The second-order valence-corrected chi connectivity index (χ2v) is 29.5. The molecule has 0 aromatic heterocycles. The fourth-order valence-electron chi connectivity index (χ4n) is 12.5. The van der Waals surface area contributed by atoms with E-state index in [-0.39, 0.29) is 30.2 Å². The van der Waals surface area contributed by atoms with Crippen LogP contribution in [0.1, 0.15) is 135 Å². The lowest BCUT2D eigenvalue weighted by Crippen LogP contribution is -2.28. The molecule has 0 fully saturated rings. The maximum absolute atomic E-state index is 10.9. The number of aliphatic hydroxyl groups is 2. The molecule has 0 aliphatic carbocycles. The molecule has 15 nitrogen and oxygen atoms in total. The number of aromatic hydroxyl groups is 1. The van der Waals surface area contributed by atoms with Crippen LogP contribution in [0.15, 0.2) is 200 Å². The normalized spacial score (nSPS) is 11.3. The first-order valence-corrected chi connectivity index (χ1v) is 39.4. The van der Waals surface area contributed by atoms with E-state index in [1.165, 1.54) is 51.6 Å². The van der Waals surface area contributed by atoms with Crippen LogP contribution in [0.2, 0.25) is 25.1 Å². The number of phenols is 1. The van der Waals surface area contributed by atoms with E-state index < -0.39 is 24.1 Å². The number of nitrogens with one attached hydrogen (secondary N) is 1. The summed E-state index contributed by atoms with van der Waals surface area (Å²) in [6.45, 7) is 14.4. The number of aliphatic carboxylic acids is 2. The van der Waals surface area contributed by atoms with Gasteiger partial charge in [-0.2, -0.15) is 0 Å². The molecule has 0 aliphatic rings. The zero-order chi connectivity index (χ0) is 82.5. The van der Waals surface area contributed by atoms with Crippen LogP contribution in [0.25, 0.3) is 33.4 Å². The van der Waals surface area contributed by atoms with E-state index in [0.717, 1.165) is 90.5 Å². The first kappa shape index (κ1) is 89.8. The maximum atomic E-state index is 10.9. The second-order valence-electron chi connectivity index (χ2n) is 27.0. The van der Waals surface area contributed by atoms with Crippen molar-refractivity contribution in [1.29, 1.82) is 0 Å². The third-order valence-corrected chi connectivity index (χ3v) is 21.2. The molecule has 11 aromatic carbocycles. The number of carboxylic acid groups (broad SMARTS) is 2. The van der Waals surface area contributed by atoms with Gasteiger partial charge in [0.25, 0.3) is 0 Å². The molecule has 0 saturated carbocycles. The molecule has 0 saturated heterocycles. The van der Waals surface area contributed by atoms with E-state index in [2.05, 4.69) is 108 Å². The Labute approximate surface area is 699 Å². The summed E-state index contributed by atoms with van der Waals surface area (Å²) in [7, 11) is 0. The number of carbonyl (C=O) groups excluding carboxylic acids is 3. The molecule has 0 bridgehead atoms. The highest BCUT2D eigenvalue weighted by atomic mass is 35.5. The van der Waals surface area contributed by atoms with E-state index in [1.54, 1.807) is 48.5 Å². The first-order valence-electron chi connectivity index (χ1n) is 36.4. The van der Waals surface area contributed by atoms with E-state index in [9.17, 15) is 34.2 Å². The Hall–Kier alpha value is -9.72. The highest BCUT2D eigenvalue weighted by Gasteiger charge is 2.19. The molecule has 594 valence electrons. The number of hydrogen-bond donors (Lipinski definition) is 6. The number of benzene rings is 11. The van der Waals surface area contributed by atoms with Crippen LogP contribution in [0.3, 0.4) is 0 Å². The average molecular weight is 1680 g/mol. The summed E-state index contributed by atoms with van der Waals surface area (Å²) in [6.07, 6.45) is 1.50. The Kier molecular flexibility index (Phi) is 35.3. The van der Waals surface area contributed by atoms with E-state index >= 15 is 0 Å². The minimum atomic E-state index is -1.05. The Bertz CT molecular complexity index is 4880. The average Bonchev–Trinajstić information content (AvgIpc) is 0.808. The maximum Gasteiger partial charge on any atom is 0.306 e. The number of phenolic OH excluding ortho intramolecular Hbond substituents is 1. The molecular weight excluding hydrogens is 1590 g/mol. The van der Waals surface area contributed by atoms with Gasteiger partial charge in [0, 0.05) is 41.5 Å². The van der Waals surface area contributed by atoms with Crippen molar-refractivity contribution in [2.45, 2.75) is 131 Å². The number of ether oxygens (including phenoxy) is 4. The van der Waals surface area contributed by atoms with Gasteiger partial charge in [-0.05, 0) is 251 Å². The van der Waals surface area contributed by atoms with Crippen LogP contribution in [-0.2, 0) is 60.7 Å². The quantitative estimate of drug-likeness (QED) is 0.0170. The van der Waals surface area contributed by atoms with Gasteiger partial charge in [-0.15, -0.1) is 23.2 Å². The number of aryl methyl sites for hydroxylation is 1. The number of hydrogen-bond acceptors (Lipinski definition) is 13. The number of carbonyl (C=O) groups is 5. The van der Waals surface area contributed by atoms with Crippen molar-refractivity contribution < 1.29 is 68.5 Å². The van der Waals surface area contributed by atoms with E-state index in [4.69, 9.17) is 115 Å². The minimum absolute atomic E-state index is 0.00716. The summed E-state index contributed by atoms with van der Waals surface area (Å²) in [5.41, 5.74) is 23.6. The monoisotopic (exact) mass is 1680 g/mol. The second kappa shape index (κ2) is 44.8. The van der Waals surface area contributed by atoms with Crippen molar-refractivity contribution in [3.05, 3.63) is 320 Å². The van der Waals surface area contributed by atoms with Gasteiger partial charge < -0.3 is 49.8 Å². The summed E-state index contributed by atoms with van der Waals surface area (Å²) in [5.74, 6) is 1.21. The van der Waals surface area contributed by atoms with Crippen LogP contribution in [-0.4, -0.2) is 75.1 Å². The van der Waals surface area contributed by atoms with Gasteiger partial charge in [0.2, 0.25) is 0 Å². The fraction of sp³-hybridized carbons (Fsp3) is 0.228. The molecule has 2 atom stereocenters. The van der Waals surface area contributed by atoms with Gasteiger partial charge in [-0.1, -0.05) is 179 Å². The minimum Gasteiger partial charge on any atom is -0.506 e. The van der Waals surface area contributed by atoms with Gasteiger partial charge in [0.15, 0.2) is 0 Å². The van der Waals surface area contributed by atoms with E-state index in [0.29, 0.717) is 130 Å². The zero-order valence-corrected chi connectivity index (χ0v) is 69.0. The van der Waals surface area contributed by atoms with Crippen LogP contribution in [0.5, 0.6) is 28.7 Å². The van der Waals surface area contributed by atoms with Crippen molar-refractivity contribution in [3.8, 4) is 62.1 Å². The molecule has 0 amide bonds. The Morgan fingerprint density at radius 2 is 0.684 bits per heavy atom. The molecule has 11 aromatic rings. The molecular formula is C92H88Cl7NO14. The topological polar surface area (TPSA) is 235 Å². The number of carboxylic acids is 2. The summed E-state index contributed by atoms with van der Waals surface area (Å²) in [6, 6.07) is 62.4. The highest BCUT2D eigenvalue weighted by Crippen LogP contribution is 2.38. The molecule has 0 radical (unpaired) electrons. The SMILES string of the molecule is Cc1c(CCl)cccc1-c1cccc(CCl)c1C.Cc1c(COc2ccc(C=O)cc2Cl)cccc1-c1cccc(COc2ccc(C=O)cc2Cl)c1C.Cc1c(COc2ccc(CCC[C@@H](O)CC(=O)O)cc2Cl)cccc1-c1cccc(COc2ccc(CNC[C@@H](O)CC(=O)O)cc2Cl)c1C.O=Cc1ccc(O)c(Cl)c1. The first-order chi connectivity index (χ1) is 54.7. The summed E-state index contributed by atoms with van der Waals surface area (Å²) in [4.78, 5) is 53.5. The molecule has 22 heteroatoms. The van der Waals surface area contributed by atoms with E-state index in [1.807, 2.05) is 72.8 Å². The van der Waals surface area contributed by atoms with Crippen LogP contribution < -0.4 is 24.3 Å². The number of rotatable bonds is 32. The van der Waals surface area contributed by atoms with Crippen molar-refractivity contribution >= 4 is 112 Å². The summed E-state index contributed by atoms with van der Waals surface area (Å²) >= 11 is 43.0. The third-order valence-electron chi connectivity index (χ3n) is 19.2. The lowest BCUT2D eigenvalue weighted by molar-refractivity contribution is -0.140. The Balaban J connectivity index is 0.000000218. The standard InChI is InChI=1S/C39H43Cl2NO8.C30H24Cl2O4.C16H16Cl2.C7H5ClO2/c1-24-28(22-49-36-14-12-26(16-34(36)40)6-3-9-30(43)18-38(45)46)7-4-10-32(24)33-11-5-8-29(25(33)2)23-50-37-15-13-27(17-35(37)41)20-42-21-31(44)19-39(47)48;1-19-23(17-35-29-11-9-21(15-33)13-27(29)31)5-3-7-25(19)26-8-4-6-24(20(26)2)18-36-30-12-10-22(16-34)14-28(30)32;1-11-13(9-17)5-3-7-15(11)16-8-4-6-14(10-18)12(16)2;8-6-3-5(4-9)1-2-7(6)10/h4-5,7-8,10-17,30-31,42-44H,3,6,9,18-23H2,1-2H3,(H,45,46)(H,47,48);3-16H,17-18H2,1-2H3;3-8H,9-10H2,1-2H3;1-4,10H/t30-,31+;;;/m1.../s1. The van der Waals surface area contributed by atoms with Gasteiger partial charge in [-0.3, -0.25) is 24.0 Å². The van der Waals surface area contributed by atoms with Crippen LogP contribution >= 0.6 is 81.2 Å². The van der Waals surface area contributed by atoms with Crippen LogP contribution in [0, 0.1) is 41.5 Å². The van der Waals surface area contributed by atoms with Crippen molar-refractivity contribution in [2.24, 2.45) is 0 Å². The summed E-state index contributed by atoms with van der Waals surface area (Å²) < 4.78 is 24.2. The summed E-state index contributed by atoms with van der Waals surface area (Å²) in [5, 5.41) is 51.0. The molecule has 6 N–H and O–H groups in total. The molecule has 11 rings (SSSR count). The van der Waals surface area contributed by atoms with Crippen molar-refractivity contribution in [1.82, 2.24) is 5.32 Å². The smallest absolute Gasteiger partial charge is 0.306 e. The van der Waals surface area contributed by atoms with Crippen LogP contribution in [0.4, 0.5) is 0 Å². The van der Waals surface area contributed by atoms with Crippen molar-refractivity contribution in [2.75, 3.05) is 6.54 Å². The zero-order valence-electron chi connectivity index (χ0n) is 63.7. The number of aliphatic hydroxyl groups excluding tert-OH is 2. The molecule has 0 heterocycles.